The van der Waals surface area contributed by atoms with E-state index in [-0.39, 0.29) is 29.6 Å². The zero-order valence-electron chi connectivity index (χ0n) is 17.7. The van der Waals surface area contributed by atoms with Crippen molar-refractivity contribution in [3.63, 3.8) is 0 Å². The number of nitrogens with zero attached hydrogens (tertiary/aromatic N) is 3. The molecule has 0 unspecified atom stereocenters. The molecular weight excluding hydrogens is 436 g/mol. The van der Waals surface area contributed by atoms with E-state index in [4.69, 9.17) is 4.74 Å². The topological polar surface area (TPSA) is 125 Å². The van der Waals surface area contributed by atoms with Gasteiger partial charge in [-0.05, 0) is 45.1 Å². The van der Waals surface area contributed by atoms with Gasteiger partial charge in [0, 0.05) is 12.7 Å². The first-order valence-electron chi connectivity index (χ1n) is 9.94. The van der Waals surface area contributed by atoms with E-state index in [0.29, 0.717) is 11.4 Å². The number of carbonyl (C=O) groups excluding carboxylic acids is 3. The van der Waals surface area contributed by atoms with Crippen LogP contribution in [0.15, 0.2) is 52.6 Å². The molecule has 0 spiro atoms. The second-order valence-electron chi connectivity index (χ2n) is 8.10. The second kappa shape index (κ2) is 7.59. The van der Waals surface area contributed by atoms with Crippen molar-refractivity contribution in [2.75, 3.05) is 22.5 Å². The lowest BCUT2D eigenvalue weighted by molar-refractivity contribution is -0.150. The maximum atomic E-state index is 13.3. The van der Waals surface area contributed by atoms with Crippen LogP contribution < -0.4 is 10.2 Å². The van der Waals surface area contributed by atoms with Crippen molar-refractivity contribution in [3.05, 3.63) is 48.2 Å². The fourth-order valence-corrected chi connectivity index (χ4v) is 4.60. The number of para-hydroxylation sites is 2. The Morgan fingerprint density at radius 3 is 2.69 bits per heavy atom. The van der Waals surface area contributed by atoms with Gasteiger partial charge < -0.3 is 15.0 Å². The average molecular weight is 458 g/mol. The van der Waals surface area contributed by atoms with Crippen molar-refractivity contribution < 1.29 is 27.5 Å². The lowest BCUT2D eigenvalue weighted by atomic mass is 9.95. The van der Waals surface area contributed by atoms with Gasteiger partial charge in [-0.3, -0.25) is 14.5 Å². The minimum Gasteiger partial charge on any atom is -0.449 e. The molecule has 0 aliphatic carbocycles. The summed E-state index contributed by atoms with van der Waals surface area (Å²) in [5.41, 5.74) is -0.0366. The number of amidine groups is 1. The number of sulfonamides is 1. The molecule has 32 heavy (non-hydrogen) atoms. The Kier molecular flexibility index (Phi) is 5.16. The standard InChI is InChI=1S/C21H22N4O6S/c1-13(18(26)25-16-7-5-4-6-15(16)22-20(28)21(25,2)3)31-19(27)14-8-9-17-23-32(29,30)11-10-24(17)12-14/h4-9,12-13H,10-11H2,1-3H3,(H,22,28)/t13-/m0/s1. The Morgan fingerprint density at radius 1 is 1.22 bits per heavy atom. The molecule has 0 aromatic heterocycles. The fraction of sp³-hybridized carbons (Fsp3) is 0.333. The van der Waals surface area contributed by atoms with Gasteiger partial charge in [-0.2, -0.15) is 0 Å². The zero-order chi connectivity index (χ0) is 23.3. The van der Waals surface area contributed by atoms with Crippen molar-refractivity contribution in [2.45, 2.75) is 32.4 Å². The van der Waals surface area contributed by atoms with Gasteiger partial charge in [-0.15, -0.1) is 4.40 Å². The Bertz CT molecular complexity index is 1210. The molecule has 1 atom stereocenters. The van der Waals surface area contributed by atoms with Crippen LogP contribution in [0.2, 0.25) is 0 Å². The lowest BCUT2D eigenvalue weighted by Gasteiger charge is -2.42. The summed E-state index contributed by atoms with van der Waals surface area (Å²) >= 11 is 0. The van der Waals surface area contributed by atoms with Crippen LogP contribution in [-0.4, -0.2) is 60.9 Å². The van der Waals surface area contributed by atoms with Gasteiger partial charge >= 0.3 is 5.97 Å². The Labute approximate surface area is 185 Å². The van der Waals surface area contributed by atoms with Crippen LogP contribution in [0.25, 0.3) is 0 Å². The minimum absolute atomic E-state index is 0.152. The van der Waals surface area contributed by atoms with Gasteiger partial charge in [0.15, 0.2) is 6.10 Å². The number of anilines is 2. The first-order valence-corrected chi connectivity index (χ1v) is 11.6. The van der Waals surface area contributed by atoms with Gasteiger partial charge in [0.25, 0.3) is 15.9 Å². The summed E-state index contributed by atoms with van der Waals surface area (Å²) in [4.78, 5) is 41.4. The number of fused-ring (bicyclic) bond motifs is 2. The Morgan fingerprint density at radius 2 is 1.94 bits per heavy atom. The minimum atomic E-state index is -3.51. The van der Waals surface area contributed by atoms with Gasteiger partial charge in [0.05, 0.1) is 22.7 Å². The third kappa shape index (κ3) is 3.79. The summed E-state index contributed by atoms with van der Waals surface area (Å²) in [5.74, 6) is -1.59. The number of amides is 2. The highest BCUT2D eigenvalue weighted by Gasteiger charge is 2.45. The normalized spacial score (nSPS) is 21.4. The highest BCUT2D eigenvalue weighted by molar-refractivity contribution is 7.90. The molecule has 0 saturated heterocycles. The molecule has 1 N–H and O–H groups in total. The molecule has 0 saturated carbocycles. The van der Waals surface area contributed by atoms with Crippen molar-refractivity contribution >= 4 is 45.0 Å². The van der Waals surface area contributed by atoms with Crippen LogP contribution in [0.1, 0.15) is 20.8 Å². The Hall–Kier alpha value is -3.47. The summed E-state index contributed by atoms with van der Waals surface area (Å²) in [6, 6.07) is 6.89. The van der Waals surface area contributed by atoms with E-state index in [1.165, 1.54) is 30.2 Å². The highest BCUT2D eigenvalue weighted by atomic mass is 32.2. The molecule has 10 nitrogen and oxygen atoms in total. The fourth-order valence-electron chi connectivity index (χ4n) is 3.63. The van der Waals surface area contributed by atoms with Crippen molar-refractivity contribution in [1.29, 1.82) is 0 Å². The van der Waals surface area contributed by atoms with E-state index in [0.717, 1.165) is 0 Å². The number of carbonyl (C=O) groups is 3. The molecule has 2 amide bonds. The van der Waals surface area contributed by atoms with Crippen LogP contribution >= 0.6 is 0 Å². The number of nitrogens with one attached hydrogen (secondary N) is 1. The smallest absolute Gasteiger partial charge is 0.340 e. The largest absolute Gasteiger partial charge is 0.449 e. The molecule has 1 aromatic rings. The van der Waals surface area contributed by atoms with Gasteiger partial charge in [-0.25, -0.2) is 13.2 Å². The summed E-state index contributed by atoms with van der Waals surface area (Å²) in [5, 5.41) is 2.78. The molecule has 0 fully saturated rings. The SMILES string of the molecule is C[C@H](OC(=O)C1=CN2CCS(=O)(=O)N=C2C=C1)C(=O)N1c2ccccc2NC(=O)C1(C)C. The van der Waals surface area contributed by atoms with Crippen LogP contribution in [0, 0.1) is 0 Å². The van der Waals surface area contributed by atoms with Gasteiger partial charge in [-0.1, -0.05) is 12.1 Å². The van der Waals surface area contributed by atoms with Crippen LogP contribution in [0.5, 0.6) is 0 Å². The molecule has 3 aliphatic heterocycles. The molecule has 11 heteroatoms. The molecular formula is C21H22N4O6S. The molecule has 1 aromatic carbocycles. The first kappa shape index (κ1) is 21.8. The van der Waals surface area contributed by atoms with Crippen molar-refractivity contribution in [3.8, 4) is 0 Å². The lowest BCUT2D eigenvalue weighted by Crippen LogP contribution is -2.60. The van der Waals surface area contributed by atoms with E-state index in [1.54, 1.807) is 43.0 Å². The number of hydrogen-bond acceptors (Lipinski definition) is 7. The number of esters is 1. The Balaban J connectivity index is 1.53. The van der Waals surface area contributed by atoms with Crippen LogP contribution in [0.3, 0.4) is 0 Å². The number of benzene rings is 1. The van der Waals surface area contributed by atoms with E-state index in [2.05, 4.69) is 9.71 Å². The first-order chi connectivity index (χ1) is 15.0. The molecule has 0 radical (unpaired) electrons. The molecule has 0 bridgehead atoms. The summed E-state index contributed by atoms with van der Waals surface area (Å²) in [6.45, 7) is 4.83. The molecule has 4 rings (SSSR count). The quantitative estimate of drug-likeness (QED) is 0.674. The maximum absolute atomic E-state index is 13.3. The number of ether oxygens (including phenoxy) is 1. The predicted octanol–water partition coefficient (Wildman–Crippen LogP) is 1.18. The summed E-state index contributed by atoms with van der Waals surface area (Å²) in [6.07, 6.45) is 3.07. The second-order valence-corrected chi connectivity index (χ2v) is 9.85. The van der Waals surface area contributed by atoms with E-state index >= 15 is 0 Å². The zero-order valence-corrected chi connectivity index (χ0v) is 18.5. The molecule has 3 aliphatic rings. The van der Waals surface area contributed by atoms with Crippen molar-refractivity contribution in [2.24, 2.45) is 4.40 Å². The number of hydrogen-bond donors (Lipinski definition) is 1. The van der Waals surface area contributed by atoms with E-state index in [9.17, 15) is 22.8 Å². The highest BCUT2D eigenvalue weighted by Crippen LogP contribution is 2.37. The number of rotatable bonds is 3. The summed E-state index contributed by atoms with van der Waals surface area (Å²) in [7, 11) is -3.51. The van der Waals surface area contributed by atoms with E-state index < -0.39 is 33.5 Å². The van der Waals surface area contributed by atoms with Gasteiger partial charge in [0.1, 0.15) is 11.4 Å². The molecule has 168 valence electrons. The van der Waals surface area contributed by atoms with Crippen LogP contribution in [-0.2, 0) is 29.1 Å². The third-order valence-electron chi connectivity index (χ3n) is 5.42. The monoisotopic (exact) mass is 458 g/mol. The van der Waals surface area contributed by atoms with Crippen LogP contribution in [0.4, 0.5) is 11.4 Å². The maximum Gasteiger partial charge on any atom is 0.340 e. The van der Waals surface area contributed by atoms with Gasteiger partial charge in [0.2, 0.25) is 5.91 Å². The summed E-state index contributed by atoms with van der Waals surface area (Å²) < 4.78 is 32.3. The predicted molar refractivity (Wildman–Crippen MR) is 117 cm³/mol. The third-order valence-corrected chi connectivity index (χ3v) is 6.58. The van der Waals surface area contributed by atoms with Crippen molar-refractivity contribution in [1.82, 2.24) is 4.90 Å². The van der Waals surface area contributed by atoms with E-state index in [1.807, 2.05) is 0 Å². The molecule has 3 heterocycles. The average Bonchev–Trinajstić information content (AvgIpc) is 2.73.